The Kier molecular flexibility index (Phi) is 24.7. The Hall–Kier alpha value is -4.10. The first-order chi connectivity index (χ1) is 22.6. The number of nitrogens with zero attached hydrogens (tertiary/aromatic N) is 4. The first-order valence-electron chi connectivity index (χ1n) is 16.2. The minimum absolute atomic E-state index is 0.0537. The molecular formula is C39H57ClN4O3. The quantitative estimate of drug-likeness (QED) is 0.178. The van der Waals surface area contributed by atoms with E-state index in [9.17, 15) is 9.59 Å². The number of para-hydroxylation sites is 1. The smallest absolute Gasteiger partial charge is 0.260 e. The van der Waals surface area contributed by atoms with Crippen molar-refractivity contribution in [3.05, 3.63) is 121 Å². The van der Waals surface area contributed by atoms with Crippen molar-refractivity contribution >= 4 is 23.4 Å². The van der Waals surface area contributed by atoms with Gasteiger partial charge >= 0.3 is 0 Å². The molecule has 0 radical (unpaired) electrons. The van der Waals surface area contributed by atoms with E-state index in [0.29, 0.717) is 17.5 Å². The number of ether oxygens (including phenoxy) is 1. The Morgan fingerprint density at radius 2 is 1.55 bits per heavy atom. The van der Waals surface area contributed by atoms with Crippen molar-refractivity contribution in [1.82, 2.24) is 19.4 Å². The number of carbonyl (C=O) groups is 2. The lowest BCUT2D eigenvalue weighted by molar-refractivity contribution is -0.134. The van der Waals surface area contributed by atoms with Crippen molar-refractivity contribution in [2.75, 3.05) is 26.7 Å². The van der Waals surface area contributed by atoms with E-state index in [1.54, 1.807) is 43.3 Å². The number of hydrogen-bond donors (Lipinski definition) is 0. The number of halogens is 1. The maximum absolute atomic E-state index is 12.2. The number of aryl methyl sites for hydroxylation is 1. The fourth-order valence-corrected chi connectivity index (χ4v) is 4.08. The molecule has 2 amide bonds. The van der Waals surface area contributed by atoms with Gasteiger partial charge in [0.15, 0.2) is 6.61 Å². The highest BCUT2D eigenvalue weighted by Crippen LogP contribution is 2.22. The number of rotatable bonds is 8. The molecule has 1 aliphatic heterocycles. The second-order valence-corrected chi connectivity index (χ2v) is 11.4. The number of allylic oxidation sites excluding steroid dienone is 4. The Morgan fingerprint density at radius 3 is 1.98 bits per heavy atom. The van der Waals surface area contributed by atoms with Gasteiger partial charge in [0.25, 0.3) is 5.91 Å². The molecule has 0 atom stereocenters. The van der Waals surface area contributed by atoms with Crippen molar-refractivity contribution in [2.45, 2.75) is 66.8 Å². The number of benzene rings is 2. The standard InChI is InChI=1S/C20H23NO2.C8H13N3O.C5H7Cl.C3H8.C3H6/c22-20(16-23-19-9-5-2-6-10-19)21-13-11-18(12-14-21)15-17-7-3-1-4-8-17;1-7(12)11(3)6-8-9-4-5-10(8)2;1-3-5(6)4-2;2*1-3-2/h1-10,18H,11-16H2;4-5H,6H2,1-3H3;3-4H,1H2,2H3;3H2,1-2H3;3H,1H2,2H3/b;;5-4+;;. The average Bonchev–Trinajstić information content (AvgIpc) is 3.49. The van der Waals surface area contributed by atoms with Crippen LogP contribution < -0.4 is 4.74 Å². The Bertz CT molecular complexity index is 1280. The van der Waals surface area contributed by atoms with Crippen LogP contribution in [0.5, 0.6) is 5.75 Å². The molecule has 7 nitrogen and oxygen atoms in total. The predicted molar refractivity (Wildman–Crippen MR) is 198 cm³/mol. The highest BCUT2D eigenvalue weighted by Gasteiger charge is 2.23. The van der Waals surface area contributed by atoms with Crippen molar-refractivity contribution in [2.24, 2.45) is 13.0 Å². The number of imidazole rings is 1. The number of amides is 2. The van der Waals surface area contributed by atoms with E-state index < -0.39 is 0 Å². The van der Waals surface area contributed by atoms with Crippen molar-refractivity contribution in [3.8, 4) is 5.75 Å². The molecular weight excluding hydrogens is 608 g/mol. The molecule has 47 heavy (non-hydrogen) atoms. The summed E-state index contributed by atoms with van der Waals surface area (Å²) in [6.45, 7) is 18.7. The van der Waals surface area contributed by atoms with Crippen LogP contribution in [-0.2, 0) is 29.6 Å². The summed E-state index contributed by atoms with van der Waals surface area (Å²) in [5, 5.41) is 0.704. The normalized spacial score (nSPS) is 12.2. The number of piperidine rings is 1. The maximum atomic E-state index is 12.2. The van der Waals surface area contributed by atoms with Crippen molar-refractivity contribution in [1.29, 1.82) is 0 Å². The molecule has 8 heteroatoms. The summed E-state index contributed by atoms with van der Waals surface area (Å²) in [6, 6.07) is 20.1. The van der Waals surface area contributed by atoms with E-state index in [2.05, 4.69) is 62.3 Å². The summed E-state index contributed by atoms with van der Waals surface area (Å²) in [5.74, 6) is 2.47. The van der Waals surface area contributed by atoms with Gasteiger partial charge < -0.3 is 19.1 Å². The van der Waals surface area contributed by atoms with Gasteiger partial charge in [-0.05, 0) is 56.7 Å². The van der Waals surface area contributed by atoms with E-state index in [-0.39, 0.29) is 18.4 Å². The van der Waals surface area contributed by atoms with Gasteiger partial charge in [-0.1, -0.05) is 105 Å². The molecule has 0 unspecified atom stereocenters. The molecule has 0 N–H and O–H groups in total. The fourth-order valence-electron chi connectivity index (χ4n) is 4.08. The number of carbonyl (C=O) groups excluding carboxylic acids is 2. The van der Waals surface area contributed by atoms with Gasteiger partial charge in [-0.25, -0.2) is 4.98 Å². The number of hydrogen-bond acceptors (Lipinski definition) is 4. The van der Waals surface area contributed by atoms with Crippen molar-refractivity contribution in [3.63, 3.8) is 0 Å². The van der Waals surface area contributed by atoms with Crippen LogP contribution in [0.2, 0.25) is 0 Å². The zero-order valence-electron chi connectivity index (χ0n) is 29.7. The van der Waals surface area contributed by atoms with Crippen LogP contribution in [0.25, 0.3) is 0 Å². The molecule has 1 fully saturated rings. The molecule has 1 aromatic heterocycles. The lowest BCUT2D eigenvalue weighted by Crippen LogP contribution is -2.41. The molecule has 0 spiro atoms. The molecule has 0 saturated carbocycles. The van der Waals surface area contributed by atoms with Crippen LogP contribution in [0, 0.1) is 5.92 Å². The Labute approximate surface area is 289 Å². The second-order valence-electron chi connectivity index (χ2n) is 10.9. The van der Waals surface area contributed by atoms with E-state index in [1.807, 2.05) is 66.9 Å². The van der Waals surface area contributed by atoms with Gasteiger partial charge in [0.2, 0.25) is 5.91 Å². The lowest BCUT2D eigenvalue weighted by atomic mass is 9.90. The third kappa shape index (κ3) is 20.6. The van der Waals surface area contributed by atoms with Crippen LogP contribution in [0.1, 0.15) is 65.3 Å². The van der Waals surface area contributed by atoms with E-state index in [4.69, 9.17) is 16.3 Å². The minimum atomic E-state index is 0.0537. The summed E-state index contributed by atoms with van der Waals surface area (Å²) in [6.07, 6.45) is 13.2. The van der Waals surface area contributed by atoms with Gasteiger partial charge in [-0.15, -0.1) is 6.58 Å². The van der Waals surface area contributed by atoms with E-state index in [1.165, 1.54) is 12.0 Å². The summed E-state index contributed by atoms with van der Waals surface area (Å²) in [7, 11) is 3.67. The molecule has 1 aliphatic rings. The third-order valence-corrected chi connectivity index (χ3v) is 7.12. The largest absolute Gasteiger partial charge is 0.484 e. The number of aromatic nitrogens is 2. The van der Waals surface area contributed by atoms with Crippen molar-refractivity contribution < 1.29 is 14.3 Å². The molecule has 4 rings (SSSR count). The Balaban J connectivity index is 0.000000735. The summed E-state index contributed by atoms with van der Waals surface area (Å²) in [5.41, 5.74) is 1.39. The highest BCUT2D eigenvalue weighted by molar-refractivity contribution is 6.31. The van der Waals surface area contributed by atoms with E-state index >= 15 is 0 Å². The molecule has 258 valence electrons. The number of likely N-dealkylation sites (tertiary alicyclic amines) is 1. The van der Waals surface area contributed by atoms with Gasteiger partial charge in [0.1, 0.15) is 11.6 Å². The van der Waals surface area contributed by atoms with Crippen LogP contribution >= 0.6 is 11.6 Å². The molecule has 0 bridgehead atoms. The first-order valence-corrected chi connectivity index (χ1v) is 16.6. The highest BCUT2D eigenvalue weighted by atomic mass is 35.5. The molecule has 1 saturated heterocycles. The van der Waals surface area contributed by atoms with Crippen LogP contribution in [0.4, 0.5) is 0 Å². The van der Waals surface area contributed by atoms with Crippen LogP contribution in [0.3, 0.4) is 0 Å². The second kappa shape index (κ2) is 27.1. The van der Waals surface area contributed by atoms with Crippen LogP contribution in [-0.4, -0.2) is 57.9 Å². The summed E-state index contributed by atoms with van der Waals surface area (Å²) >= 11 is 5.39. The monoisotopic (exact) mass is 664 g/mol. The first kappa shape index (κ1) is 42.9. The summed E-state index contributed by atoms with van der Waals surface area (Å²) < 4.78 is 7.45. The Morgan fingerprint density at radius 1 is 1.02 bits per heavy atom. The summed E-state index contributed by atoms with van der Waals surface area (Å²) in [4.78, 5) is 30.8. The third-order valence-electron chi connectivity index (χ3n) is 6.75. The average molecular weight is 665 g/mol. The topological polar surface area (TPSA) is 67.7 Å². The maximum Gasteiger partial charge on any atom is 0.260 e. The zero-order chi connectivity index (χ0) is 35.5. The molecule has 0 aliphatic carbocycles. The molecule has 3 aromatic rings. The molecule has 2 aromatic carbocycles. The lowest BCUT2D eigenvalue weighted by Gasteiger charge is -2.32. The SMILES string of the molecule is C=C/C(Cl)=C\C.C=CC.CC(=O)N(C)Cc1nccn1C.CCC.O=C(COc1ccccc1)N1CCC(Cc2ccccc2)CC1. The zero-order valence-corrected chi connectivity index (χ0v) is 30.5. The van der Waals surface area contributed by atoms with E-state index in [0.717, 1.165) is 43.9 Å². The van der Waals surface area contributed by atoms with Gasteiger partial charge in [0.05, 0.1) is 6.54 Å². The van der Waals surface area contributed by atoms with Gasteiger partial charge in [-0.2, -0.15) is 0 Å². The van der Waals surface area contributed by atoms with Crippen LogP contribution in [0.15, 0.2) is 109 Å². The van der Waals surface area contributed by atoms with Gasteiger partial charge in [0, 0.05) is 51.5 Å². The predicted octanol–water partition coefficient (Wildman–Crippen LogP) is 8.87. The fraction of sp³-hybridized carbons (Fsp3) is 0.410. The minimum Gasteiger partial charge on any atom is -0.484 e. The van der Waals surface area contributed by atoms with Gasteiger partial charge in [-0.3, -0.25) is 9.59 Å². The molecule has 2 heterocycles.